The second kappa shape index (κ2) is 25.9. The fourth-order valence-corrected chi connectivity index (χ4v) is 10.1. The predicted octanol–water partition coefficient (Wildman–Crippen LogP) is 4.95. The number of aliphatic carboxylic acids is 1. The number of carbonyl (C=O) groups is 4. The second-order valence-electron chi connectivity index (χ2n) is 19.6. The monoisotopic (exact) mass is 995 g/mol. The number of aromatic nitrogens is 3. The number of likely N-dealkylation sites (N-methyl/N-ethyl adjacent to an activating group) is 1. The first-order valence-electron chi connectivity index (χ1n) is 24.1. The lowest BCUT2D eigenvalue weighted by Gasteiger charge is -2.46. The van der Waals surface area contributed by atoms with E-state index in [1.165, 1.54) is 13.2 Å². The van der Waals surface area contributed by atoms with Crippen molar-refractivity contribution >= 4 is 41.7 Å². The number of nitrogens with two attached hydrogens (primary N) is 1. The number of methoxy groups -OCH3 is 1. The molecule has 2 aromatic rings. The number of cyclic esters (lactones) is 1. The molecule has 14 atom stereocenters. The van der Waals surface area contributed by atoms with Gasteiger partial charge in [0.25, 0.3) is 0 Å². The number of aliphatic hydroxyl groups excluding tert-OH is 1. The Morgan fingerprint density at radius 2 is 1.84 bits per heavy atom. The van der Waals surface area contributed by atoms with E-state index in [0.717, 1.165) is 5.56 Å². The smallest absolute Gasteiger partial charge is 0.410 e. The molecular weight excluding hydrogens is 916 g/mol. The molecule has 6 N–H and O–H groups in total. The summed E-state index contributed by atoms with van der Waals surface area (Å²) >= 11 is 0.250. The molecule has 1 aromatic carbocycles. The number of aliphatic hydroxyl groups is 1. The van der Waals surface area contributed by atoms with E-state index in [9.17, 15) is 33.3 Å². The van der Waals surface area contributed by atoms with Gasteiger partial charge in [0, 0.05) is 67.9 Å². The molecule has 3 aliphatic heterocycles. The number of Topliss-reactive ketones (excluding diaryl/α,β-unsaturated/α-hetero) is 1. The Bertz CT molecular complexity index is 1990. The number of carboxylic acids is 1. The van der Waals surface area contributed by atoms with Crippen molar-refractivity contribution < 1.29 is 57.0 Å². The number of fused-ring (bicyclic) bond motifs is 1. The van der Waals surface area contributed by atoms with Gasteiger partial charge in [-0.15, -0.1) is 5.10 Å². The fourth-order valence-electron chi connectivity index (χ4n) is 10.1. The highest BCUT2D eigenvalue weighted by Crippen LogP contribution is 2.41. The van der Waals surface area contributed by atoms with E-state index in [-0.39, 0.29) is 43.2 Å². The minimum absolute atomic E-state index is 0.137. The van der Waals surface area contributed by atoms with Gasteiger partial charge < -0.3 is 55.2 Å². The number of unbranched alkanes of at least 4 members (excludes halogenated alkanes) is 1. The summed E-state index contributed by atoms with van der Waals surface area (Å²) in [7, 11) is 5.32. The largest absolute Gasteiger partial charge is 0.480 e. The molecule has 4 heterocycles. The van der Waals surface area contributed by atoms with Crippen LogP contribution in [0.4, 0.5) is 14.4 Å². The van der Waals surface area contributed by atoms with Crippen molar-refractivity contribution in [2.75, 3.05) is 52.8 Å². The molecule has 390 valence electrons. The minimum atomic E-state index is -1.39. The first-order valence-corrected chi connectivity index (χ1v) is 25.2. The number of esters is 1. The van der Waals surface area contributed by atoms with Crippen molar-refractivity contribution in [3.8, 4) is 11.3 Å². The van der Waals surface area contributed by atoms with Crippen LogP contribution in [0.5, 0.6) is 0 Å². The van der Waals surface area contributed by atoms with E-state index in [2.05, 4.69) is 20.9 Å². The number of hydrogen-bond donors (Lipinski definition) is 5. The van der Waals surface area contributed by atoms with Gasteiger partial charge in [0.05, 0.1) is 30.0 Å². The summed E-state index contributed by atoms with van der Waals surface area (Å²) in [5, 5.41) is 36.7. The number of nitrogens with one attached hydrogen (secondary N) is 2. The van der Waals surface area contributed by atoms with Gasteiger partial charge in [-0.3, -0.25) is 24.0 Å². The SMILES string of the molecule is CC[C@H]1OC(=O)[C@H](C)C(=O)[C@H](C)[C@@H](O[C@@H]2OC(C)CC(N(C)C)C2O)[C@](C)(OC)C[C@@H](C)CN[C@H](CCN[C@H](C)C(=O)O)[C@H]2N(CCCCn3cc(-c4cccc(N)c4)nn3)C(=O)O[C@]12C.CSF. The van der Waals surface area contributed by atoms with Crippen molar-refractivity contribution in [1.29, 1.82) is 0 Å². The number of rotatable bonds is 16. The van der Waals surface area contributed by atoms with Crippen LogP contribution in [-0.2, 0) is 44.6 Å². The molecule has 69 heavy (non-hydrogen) atoms. The lowest BCUT2D eigenvalue weighted by molar-refractivity contribution is -0.295. The number of anilines is 1. The molecule has 19 nitrogen and oxygen atoms in total. The Balaban J connectivity index is 0.00000336. The van der Waals surface area contributed by atoms with Gasteiger partial charge in [-0.2, -0.15) is 3.89 Å². The number of carbonyl (C=O) groups excluding carboxylic acids is 3. The van der Waals surface area contributed by atoms with Gasteiger partial charge >= 0.3 is 18.0 Å². The number of benzene rings is 1. The number of nitrogen functional groups attached to an aromatic ring is 1. The first kappa shape index (κ1) is 57.6. The molecule has 3 unspecified atom stereocenters. The van der Waals surface area contributed by atoms with Crippen molar-refractivity contribution in [1.82, 2.24) is 35.4 Å². The number of ether oxygens (including phenoxy) is 5. The third-order valence-electron chi connectivity index (χ3n) is 13.9. The van der Waals surface area contributed by atoms with Crippen LogP contribution < -0.4 is 16.4 Å². The van der Waals surface area contributed by atoms with Crippen molar-refractivity contribution in [2.24, 2.45) is 17.8 Å². The van der Waals surface area contributed by atoms with Crippen molar-refractivity contribution in [3.05, 3.63) is 30.5 Å². The number of carboxylic acid groups (broad SMARTS) is 1. The standard InChI is InChI=1S/C47H76N8O11.CH3FS/c1-12-37-47(8)40(55(45(61)66-47)21-14-13-20-54-26-35(51-52-54)32-16-15-17-33(48)23-32)34(18-19-49-31(6)42(58)59)50-25-27(2)24-46(7,62-11)41(29(4)38(56)30(5)43(60)64-37)65-44-39(57)36(53(9)10)22-28(3)63-44;1-3-2/h15-17,23,26-31,34,36-37,39-41,44,49-50,57H,12-14,18-22,24-25,48H2,1-11H3,(H,58,59);1H3/t27-,28?,29+,30-,31-,34-,36?,37-,39?,40-,41-,44+,46-,47-;/m1./s1. The van der Waals surface area contributed by atoms with Crippen LogP contribution >= 0.6 is 12.1 Å². The molecule has 0 spiro atoms. The highest BCUT2D eigenvalue weighted by atomic mass is 32.2. The zero-order valence-corrected chi connectivity index (χ0v) is 43.4. The Kier molecular flexibility index (Phi) is 21.7. The van der Waals surface area contributed by atoms with E-state index in [4.69, 9.17) is 29.4 Å². The normalized spacial score (nSPS) is 33.1. The average molecular weight is 995 g/mol. The van der Waals surface area contributed by atoms with Crippen molar-refractivity contribution in [2.45, 2.75) is 167 Å². The maximum Gasteiger partial charge on any atom is 0.410 e. The summed E-state index contributed by atoms with van der Waals surface area (Å²) < 4.78 is 43.8. The first-order chi connectivity index (χ1) is 32.5. The van der Waals surface area contributed by atoms with Gasteiger partial charge in [-0.25, -0.2) is 4.79 Å². The molecule has 3 fully saturated rings. The Morgan fingerprint density at radius 1 is 1.16 bits per heavy atom. The molecule has 3 aliphatic rings. The van der Waals surface area contributed by atoms with E-state index in [0.29, 0.717) is 63.1 Å². The number of halogens is 1. The van der Waals surface area contributed by atoms with Gasteiger partial charge in [0.2, 0.25) is 0 Å². The number of hydrogen-bond acceptors (Lipinski definition) is 17. The van der Waals surface area contributed by atoms with E-state index in [1.807, 2.05) is 71.1 Å². The van der Waals surface area contributed by atoms with Gasteiger partial charge in [-0.1, -0.05) is 38.1 Å². The number of amides is 1. The van der Waals surface area contributed by atoms with Gasteiger partial charge in [-0.05, 0) is 118 Å². The van der Waals surface area contributed by atoms with Gasteiger partial charge in [0.15, 0.2) is 17.7 Å². The summed E-state index contributed by atoms with van der Waals surface area (Å²) in [6.45, 7) is 15.7. The summed E-state index contributed by atoms with van der Waals surface area (Å²) in [5.41, 5.74) is 5.62. The van der Waals surface area contributed by atoms with E-state index >= 15 is 0 Å². The fraction of sp³-hybridized carbons (Fsp3) is 0.750. The van der Waals surface area contributed by atoms with Crippen LogP contribution in [0.1, 0.15) is 93.9 Å². The summed E-state index contributed by atoms with van der Waals surface area (Å²) in [6.07, 6.45) is 1.10. The second-order valence-corrected chi connectivity index (χ2v) is 19.9. The Morgan fingerprint density at radius 3 is 2.46 bits per heavy atom. The molecule has 1 amide bonds. The zero-order valence-electron chi connectivity index (χ0n) is 42.6. The molecular formula is C48H79FN8O11S. The molecule has 1 aromatic heterocycles. The highest BCUT2D eigenvalue weighted by molar-refractivity contribution is 7.93. The molecule has 5 rings (SSSR count). The van der Waals surface area contributed by atoms with Crippen LogP contribution in [0.15, 0.2) is 30.5 Å². The summed E-state index contributed by atoms with van der Waals surface area (Å²) in [4.78, 5) is 58.5. The average Bonchev–Trinajstić information content (AvgIpc) is 3.88. The predicted molar refractivity (Wildman–Crippen MR) is 261 cm³/mol. The maximum absolute atomic E-state index is 14.5. The third kappa shape index (κ3) is 14.6. The number of nitrogens with zero attached hydrogens (tertiary/aromatic N) is 5. The molecule has 21 heteroatoms. The van der Waals surface area contributed by atoms with Crippen molar-refractivity contribution in [3.63, 3.8) is 0 Å². The maximum atomic E-state index is 14.5. The van der Waals surface area contributed by atoms with Crippen LogP contribution in [0.3, 0.4) is 0 Å². The quantitative estimate of drug-likeness (QED) is 0.0647. The Hall–Kier alpha value is -3.96. The van der Waals surface area contributed by atoms with E-state index in [1.54, 1.807) is 43.5 Å². The molecule has 0 aliphatic carbocycles. The number of aryl methyl sites for hydroxylation is 1. The summed E-state index contributed by atoms with van der Waals surface area (Å²) in [5.74, 6) is -4.54. The lowest BCUT2D eigenvalue weighted by Crippen LogP contribution is -2.62. The topological polar surface area (TPSA) is 242 Å². The lowest BCUT2D eigenvalue weighted by atomic mass is 9.78. The molecule has 0 radical (unpaired) electrons. The molecule has 3 saturated heterocycles. The third-order valence-corrected chi connectivity index (χ3v) is 13.9. The molecule has 0 saturated carbocycles. The summed E-state index contributed by atoms with van der Waals surface area (Å²) in [6, 6.07) is 5.11. The van der Waals surface area contributed by atoms with E-state index < -0.39 is 89.6 Å². The van der Waals surface area contributed by atoms with Crippen LogP contribution in [0.25, 0.3) is 11.3 Å². The van der Waals surface area contributed by atoms with Crippen LogP contribution in [0, 0.1) is 17.8 Å². The van der Waals surface area contributed by atoms with Gasteiger partial charge in [0.1, 0.15) is 29.9 Å². The number of ketones is 1. The highest BCUT2D eigenvalue weighted by Gasteiger charge is 2.59. The van der Waals surface area contributed by atoms with Crippen LogP contribution in [-0.4, -0.2) is 172 Å². The minimum Gasteiger partial charge on any atom is -0.480 e. The molecule has 0 bridgehead atoms. The Labute approximate surface area is 411 Å². The zero-order chi connectivity index (χ0) is 51.4. The van der Waals surface area contributed by atoms with Crippen LogP contribution in [0.2, 0.25) is 0 Å².